The highest BCUT2D eigenvalue weighted by molar-refractivity contribution is 7.15. The second-order valence-electron chi connectivity index (χ2n) is 7.36. The molecule has 2 aromatic rings. The largest absolute Gasteiger partial charge is 0.399 e. The van der Waals surface area contributed by atoms with Crippen LogP contribution in [0.15, 0.2) is 24.4 Å². The molecule has 24 heavy (non-hydrogen) atoms. The molecule has 1 aromatic heterocycles. The van der Waals surface area contributed by atoms with E-state index >= 15 is 0 Å². The van der Waals surface area contributed by atoms with Crippen LogP contribution >= 0.6 is 11.3 Å². The number of nitrogens with two attached hydrogens (primary N) is 1. The molecule has 130 valence electrons. The van der Waals surface area contributed by atoms with Crippen LogP contribution < -0.4 is 5.73 Å². The number of hydrogen-bond donors (Lipinski definition) is 3. The topological polar surface area (TPSA) is 79.4 Å². The summed E-state index contributed by atoms with van der Waals surface area (Å²) in [7, 11) is 0. The first kappa shape index (κ1) is 17.4. The van der Waals surface area contributed by atoms with Crippen molar-refractivity contribution in [2.45, 2.75) is 57.7 Å². The summed E-state index contributed by atoms with van der Waals surface area (Å²) >= 11 is 1.62. The van der Waals surface area contributed by atoms with Crippen molar-refractivity contribution in [2.24, 2.45) is 5.92 Å². The number of rotatable bonds is 4. The third-order valence-corrected chi connectivity index (χ3v) is 6.04. The first-order valence-electron chi connectivity index (χ1n) is 8.55. The van der Waals surface area contributed by atoms with E-state index in [0.717, 1.165) is 52.4 Å². The van der Waals surface area contributed by atoms with Crippen LogP contribution in [-0.4, -0.2) is 26.9 Å². The highest BCUT2D eigenvalue weighted by Gasteiger charge is 2.32. The Kier molecular flexibility index (Phi) is 4.95. The van der Waals surface area contributed by atoms with Gasteiger partial charge in [0.05, 0.1) is 21.6 Å². The molecule has 1 heterocycles. The number of nitrogen functional groups attached to an aromatic ring is 1. The number of aryl methyl sites for hydroxylation is 1. The van der Waals surface area contributed by atoms with Gasteiger partial charge in [-0.3, -0.25) is 0 Å². The Morgan fingerprint density at radius 3 is 2.71 bits per heavy atom. The Labute approximate surface area is 147 Å². The van der Waals surface area contributed by atoms with Crippen molar-refractivity contribution in [2.75, 3.05) is 5.73 Å². The maximum Gasteiger partial charge on any atom is 0.0957 e. The number of nitrogens with zero attached hydrogens (tertiary/aromatic N) is 1. The summed E-state index contributed by atoms with van der Waals surface area (Å²) in [4.78, 5) is 5.57. The minimum absolute atomic E-state index is 0.257. The minimum atomic E-state index is -0.560. The zero-order valence-corrected chi connectivity index (χ0v) is 15.1. The van der Waals surface area contributed by atoms with E-state index in [-0.39, 0.29) is 12.0 Å². The molecule has 1 fully saturated rings. The number of benzene rings is 1. The number of thiazole rings is 1. The van der Waals surface area contributed by atoms with Crippen molar-refractivity contribution in [3.05, 3.63) is 35.0 Å². The smallest absolute Gasteiger partial charge is 0.0957 e. The Balaban J connectivity index is 1.65. The molecular formula is C19H26N2O2S. The molecular weight excluding hydrogens is 320 g/mol. The molecule has 1 unspecified atom stereocenters. The second-order valence-corrected chi connectivity index (χ2v) is 8.47. The number of aliphatic hydroxyl groups is 2. The van der Waals surface area contributed by atoms with E-state index in [0.29, 0.717) is 6.42 Å². The lowest BCUT2D eigenvalue weighted by atomic mass is 9.77. The number of aliphatic hydroxyl groups excluding tert-OH is 1. The van der Waals surface area contributed by atoms with Crippen LogP contribution in [0.3, 0.4) is 0 Å². The summed E-state index contributed by atoms with van der Waals surface area (Å²) in [6, 6.07) is 6.02. The van der Waals surface area contributed by atoms with E-state index in [2.05, 4.69) is 11.1 Å². The van der Waals surface area contributed by atoms with Gasteiger partial charge in [-0.1, -0.05) is 6.07 Å². The summed E-state index contributed by atoms with van der Waals surface area (Å²) in [5, 5.41) is 21.5. The van der Waals surface area contributed by atoms with E-state index in [1.807, 2.05) is 32.2 Å². The second kappa shape index (κ2) is 6.82. The van der Waals surface area contributed by atoms with Crippen molar-refractivity contribution in [3.63, 3.8) is 0 Å². The normalized spacial score (nSPS) is 25.6. The molecule has 4 nitrogen and oxygen atoms in total. The molecule has 0 amide bonds. The number of aromatic nitrogens is 1. The Bertz CT molecular complexity index is 681. The van der Waals surface area contributed by atoms with Gasteiger partial charge in [-0.2, -0.15) is 0 Å². The molecule has 3 rings (SSSR count). The summed E-state index contributed by atoms with van der Waals surface area (Å²) in [6.07, 6.45) is 5.34. The van der Waals surface area contributed by atoms with Crippen LogP contribution in [0.25, 0.3) is 10.4 Å². The predicted octanol–water partition coefficient (Wildman–Crippen LogP) is 3.55. The van der Waals surface area contributed by atoms with Crippen LogP contribution in [-0.2, 0) is 6.42 Å². The van der Waals surface area contributed by atoms with Crippen molar-refractivity contribution in [1.82, 2.24) is 4.98 Å². The molecule has 1 saturated carbocycles. The fourth-order valence-corrected chi connectivity index (χ4v) is 4.44. The van der Waals surface area contributed by atoms with Gasteiger partial charge >= 0.3 is 0 Å². The van der Waals surface area contributed by atoms with Gasteiger partial charge in [-0.05, 0) is 68.7 Å². The predicted molar refractivity (Wildman–Crippen MR) is 99.0 cm³/mol. The molecule has 0 bridgehead atoms. The number of anilines is 1. The molecule has 1 aliphatic carbocycles. The Morgan fingerprint density at radius 2 is 2.04 bits per heavy atom. The zero-order chi connectivity index (χ0) is 17.3. The van der Waals surface area contributed by atoms with E-state index < -0.39 is 5.60 Å². The van der Waals surface area contributed by atoms with Crippen molar-refractivity contribution < 1.29 is 10.2 Å². The van der Waals surface area contributed by atoms with Gasteiger partial charge < -0.3 is 15.9 Å². The van der Waals surface area contributed by atoms with Gasteiger partial charge in [0.1, 0.15) is 0 Å². The van der Waals surface area contributed by atoms with Crippen LogP contribution in [0.2, 0.25) is 0 Å². The Morgan fingerprint density at radius 1 is 1.33 bits per heavy atom. The van der Waals surface area contributed by atoms with Crippen LogP contribution in [0.4, 0.5) is 5.69 Å². The number of hydrogen-bond acceptors (Lipinski definition) is 5. The van der Waals surface area contributed by atoms with Crippen molar-refractivity contribution >= 4 is 17.0 Å². The van der Waals surface area contributed by atoms with Gasteiger partial charge in [0.2, 0.25) is 0 Å². The summed E-state index contributed by atoms with van der Waals surface area (Å²) < 4.78 is 0. The van der Waals surface area contributed by atoms with Gasteiger partial charge in [-0.15, -0.1) is 11.3 Å². The molecule has 1 aromatic carbocycles. The van der Waals surface area contributed by atoms with Gasteiger partial charge in [0.15, 0.2) is 0 Å². The fourth-order valence-electron chi connectivity index (χ4n) is 3.49. The van der Waals surface area contributed by atoms with Crippen LogP contribution in [0.1, 0.15) is 43.2 Å². The molecule has 0 radical (unpaired) electrons. The summed E-state index contributed by atoms with van der Waals surface area (Å²) in [5.74, 6) is 0.257. The standard InChI is InChI=1S/C19H26N2O2S/c1-12-7-14(9-15(20)8-12)17-11-21-18(24-17)10-16(22)13-3-5-19(2,23)6-4-13/h7-9,11,13,16,22-23H,3-6,10,20H2,1-2H3. The van der Waals surface area contributed by atoms with E-state index in [1.165, 1.54) is 0 Å². The maximum absolute atomic E-state index is 10.5. The first-order chi connectivity index (χ1) is 11.3. The van der Waals surface area contributed by atoms with E-state index in [9.17, 15) is 10.2 Å². The SMILES string of the molecule is Cc1cc(N)cc(-c2cnc(CC(O)C3CCC(C)(O)CC3)s2)c1. The summed E-state index contributed by atoms with van der Waals surface area (Å²) in [5.41, 5.74) is 8.34. The van der Waals surface area contributed by atoms with Crippen LogP contribution in [0, 0.1) is 12.8 Å². The maximum atomic E-state index is 10.5. The van der Waals surface area contributed by atoms with Crippen molar-refractivity contribution in [3.8, 4) is 10.4 Å². The van der Waals surface area contributed by atoms with Crippen LogP contribution in [0.5, 0.6) is 0 Å². The van der Waals surface area contributed by atoms with Crippen molar-refractivity contribution in [1.29, 1.82) is 0 Å². The first-order valence-corrected chi connectivity index (χ1v) is 9.37. The average molecular weight is 346 g/mol. The molecule has 5 heteroatoms. The molecule has 4 N–H and O–H groups in total. The monoisotopic (exact) mass is 346 g/mol. The van der Waals surface area contributed by atoms with E-state index in [1.54, 1.807) is 11.3 Å². The lowest BCUT2D eigenvalue weighted by molar-refractivity contribution is -0.0182. The molecule has 0 spiro atoms. The molecule has 0 saturated heterocycles. The lowest BCUT2D eigenvalue weighted by Gasteiger charge is -2.35. The average Bonchev–Trinajstić information content (AvgIpc) is 2.94. The highest BCUT2D eigenvalue weighted by Crippen LogP contribution is 2.35. The highest BCUT2D eigenvalue weighted by atomic mass is 32.1. The minimum Gasteiger partial charge on any atom is -0.399 e. The summed E-state index contributed by atoms with van der Waals surface area (Å²) in [6.45, 7) is 3.92. The fraction of sp³-hybridized carbons (Fsp3) is 0.526. The van der Waals surface area contributed by atoms with Gasteiger partial charge in [-0.25, -0.2) is 4.98 Å². The zero-order valence-electron chi connectivity index (χ0n) is 14.3. The third kappa shape index (κ3) is 4.15. The Hall–Kier alpha value is -1.43. The molecule has 1 atom stereocenters. The van der Waals surface area contributed by atoms with E-state index in [4.69, 9.17) is 5.73 Å². The third-order valence-electron chi connectivity index (χ3n) is 4.97. The molecule has 0 aliphatic heterocycles. The lowest BCUT2D eigenvalue weighted by Crippen LogP contribution is -2.35. The molecule has 1 aliphatic rings. The van der Waals surface area contributed by atoms with Gasteiger partial charge in [0.25, 0.3) is 0 Å². The van der Waals surface area contributed by atoms with Gasteiger partial charge in [0, 0.05) is 18.3 Å². The quantitative estimate of drug-likeness (QED) is 0.740.